The SMILES string of the molecule is CCOC(=O)c1c(NC(=O)C=Cc2ccc(Cl)c(Cl)c2)sc2c1CCC(C)C2. The molecule has 0 aliphatic heterocycles. The van der Waals surface area contributed by atoms with E-state index < -0.39 is 0 Å². The van der Waals surface area contributed by atoms with Gasteiger partial charge in [0, 0.05) is 11.0 Å². The van der Waals surface area contributed by atoms with Crippen molar-refractivity contribution in [2.24, 2.45) is 5.92 Å². The van der Waals surface area contributed by atoms with E-state index >= 15 is 0 Å². The number of ether oxygens (including phenoxy) is 1. The van der Waals surface area contributed by atoms with Crippen LogP contribution in [0.5, 0.6) is 0 Å². The summed E-state index contributed by atoms with van der Waals surface area (Å²) in [6.45, 7) is 4.27. The van der Waals surface area contributed by atoms with E-state index in [1.165, 1.54) is 17.4 Å². The molecule has 0 radical (unpaired) electrons. The zero-order valence-electron chi connectivity index (χ0n) is 15.7. The molecular weight excluding hydrogens is 417 g/mol. The standard InChI is InChI=1S/C21H21Cl2NO3S/c1-3-27-21(26)19-14-7-4-12(2)10-17(14)28-20(19)24-18(25)9-6-13-5-8-15(22)16(23)11-13/h5-6,8-9,11-12H,3-4,7,10H2,1-2H3,(H,24,25). The third-order valence-electron chi connectivity index (χ3n) is 4.60. The average molecular weight is 438 g/mol. The van der Waals surface area contributed by atoms with Gasteiger partial charge >= 0.3 is 5.97 Å². The third-order valence-corrected chi connectivity index (χ3v) is 6.51. The first kappa shape index (κ1) is 20.9. The Morgan fingerprint density at radius 2 is 2.11 bits per heavy atom. The number of halogens is 2. The predicted octanol–water partition coefficient (Wildman–Crippen LogP) is 6.01. The molecule has 28 heavy (non-hydrogen) atoms. The number of carbonyl (C=O) groups excluding carboxylic acids is 2. The number of anilines is 1. The number of amides is 1. The molecule has 1 aliphatic carbocycles. The van der Waals surface area contributed by atoms with Crippen LogP contribution in [0.15, 0.2) is 24.3 Å². The first-order valence-electron chi connectivity index (χ1n) is 9.14. The first-order chi connectivity index (χ1) is 13.4. The summed E-state index contributed by atoms with van der Waals surface area (Å²) in [6.07, 6.45) is 5.84. The number of thiophene rings is 1. The minimum Gasteiger partial charge on any atom is -0.462 e. The van der Waals surface area contributed by atoms with Crippen LogP contribution >= 0.6 is 34.5 Å². The van der Waals surface area contributed by atoms with Crippen molar-refractivity contribution in [1.82, 2.24) is 0 Å². The number of rotatable bonds is 5. The van der Waals surface area contributed by atoms with Crippen LogP contribution in [0.1, 0.15) is 46.6 Å². The van der Waals surface area contributed by atoms with Crippen molar-refractivity contribution in [1.29, 1.82) is 0 Å². The number of benzene rings is 1. The van der Waals surface area contributed by atoms with Crippen LogP contribution in [0.25, 0.3) is 6.08 Å². The Labute approximate surface area is 178 Å². The van der Waals surface area contributed by atoms with Gasteiger partial charge < -0.3 is 10.1 Å². The molecule has 148 valence electrons. The summed E-state index contributed by atoms with van der Waals surface area (Å²) in [7, 11) is 0. The highest BCUT2D eigenvalue weighted by molar-refractivity contribution is 7.17. The van der Waals surface area contributed by atoms with E-state index in [2.05, 4.69) is 12.2 Å². The van der Waals surface area contributed by atoms with E-state index in [1.54, 1.807) is 31.2 Å². The topological polar surface area (TPSA) is 55.4 Å². The smallest absolute Gasteiger partial charge is 0.341 e. The molecule has 1 unspecified atom stereocenters. The lowest BCUT2D eigenvalue weighted by Gasteiger charge is -2.18. The van der Waals surface area contributed by atoms with Gasteiger partial charge in [-0.1, -0.05) is 36.2 Å². The van der Waals surface area contributed by atoms with Gasteiger partial charge in [-0.3, -0.25) is 4.79 Å². The maximum absolute atomic E-state index is 12.5. The molecular formula is C21H21Cl2NO3S. The van der Waals surface area contributed by atoms with E-state index in [0.717, 1.165) is 35.3 Å². The number of carbonyl (C=O) groups is 2. The van der Waals surface area contributed by atoms with E-state index in [-0.39, 0.29) is 11.9 Å². The fourth-order valence-electron chi connectivity index (χ4n) is 3.20. The molecule has 0 bridgehead atoms. The second-order valence-corrected chi connectivity index (χ2v) is 8.69. The highest BCUT2D eigenvalue weighted by Crippen LogP contribution is 2.40. The van der Waals surface area contributed by atoms with E-state index in [9.17, 15) is 9.59 Å². The van der Waals surface area contributed by atoms with Crippen LogP contribution in [0.4, 0.5) is 5.00 Å². The summed E-state index contributed by atoms with van der Waals surface area (Å²) in [6, 6.07) is 5.13. The van der Waals surface area contributed by atoms with Crippen molar-refractivity contribution >= 4 is 57.5 Å². The second-order valence-electron chi connectivity index (χ2n) is 6.77. The van der Waals surface area contributed by atoms with E-state index in [1.807, 2.05) is 0 Å². The molecule has 1 aromatic carbocycles. The van der Waals surface area contributed by atoms with Crippen LogP contribution in [-0.2, 0) is 22.4 Å². The number of nitrogens with one attached hydrogen (secondary N) is 1. The number of esters is 1. The third kappa shape index (κ3) is 4.77. The summed E-state index contributed by atoms with van der Waals surface area (Å²) in [5.41, 5.74) is 2.28. The van der Waals surface area contributed by atoms with Crippen molar-refractivity contribution < 1.29 is 14.3 Å². The molecule has 1 atom stereocenters. The van der Waals surface area contributed by atoms with Gasteiger partial charge in [0.2, 0.25) is 5.91 Å². The minimum absolute atomic E-state index is 0.296. The molecule has 0 saturated heterocycles. The Morgan fingerprint density at radius 3 is 2.82 bits per heavy atom. The van der Waals surface area contributed by atoms with E-state index in [4.69, 9.17) is 27.9 Å². The lowest BCUT2D eigenvalue weighted by molar-refractivity contribution is -0.111. The Morgan fingerprint density at radius 1 is 1.32 bits per heavy atom. The van der Waals surface area contributed by atoms with Crippen molar-refractivity contribution in [2.45, 2.75) is 33.1 Å². The Kier molecular flexibility index (Phi) is 6.81. The van der Waals surface area contributed by atoms with Gasteiger partial charge in [0.15, 0.2) is 0 Å². The minimum atomic E-state index is -0.377. The van der Waals surface area contributed by atoms with Gasteiger partial charge in [-0.15, -0.1) is 11.3 Å². The van der Waals surface area contributed by atoms with Crippen molar-refractivity contribution in [2.75, 3.05) is 11.9 Å². The number of hydrogen-bond acceptors (Lipinski definition) is 4. The largest absolute Gasteiger partial charge is 0.462 e. The summed E-state index contributed by atoms with van der Waals surface area (Å²) >= 11 is 13.4. The molecule has 4 nitrogen and oxygen atoms in total. The highest BCUT2D eigenvalue weighted by Gasteiger charge is 2.28. The van der Waals surface area contributed by atoms with Gasteiger partial charge in [-0.25, -0.2) is 4.79 Å². The van der Waals surface area contributed by atoms with Crippen molar-refractivity contribution in [3.63, 3.8) is 0 Å². The molecule has 1 N–H and O–H groups in total. The fraction of sp³-hybridized carbons (Fsp3) is 0.333. The molecule has 1 aromatic heterocycles. The summed E-state index contributed by atoms with van der Waals surface area (Å²) < 4.78 is 5.23. The Hall–Kier alpha value is -1.82. The number of hydrogen-bond donors (Lipinski definition) is 1. The quantitative estimate of drug-likeness (QED) is 0.460. The average Bonchev–Trinajstić information content (AvgIpc) is 2.99. The monoisotopic (exact) mass is 437 g/mol. The Balaban J connectivity index is 1.82. The summed E-state index contributed by atoms with van der Waals surface area (Å²) in [5.74, 6) is -0.124. The number of fused-ring (bicyclic) bond motifs is 1. The van der Waals surface area contributed by atoms with Crippen molar-refractivity contribution in [3.05, 3.63) is 55.9 Å². The van der Waals surface area contributed by atoms with Crippen LogP contribution in [0, 0.1) is 5.92 Å². The van der Waals surface area contributed by atoms with Crippen LogP contribution in [-0.4, -0.2) is 18.5 Å². The van der Waals surface area contributed by atoms with Crippen LogP contribution < -0.4 is 5.32 Å². The zero-order chi connectivity index (χ0) is 20.3. The first-order valence-corrected chi connectivity index (χ1v) is 10.7. The zero-order valence-corrected chi connectivity index (χ0v) is 18.0. The lowest BCUT2D eigenvalue weighted by Crippen LogP contribution is -2.15. The molecule has 1 heterocycles. The summed E-state index contributed by atoms with van der Waals surface area (Å²) in [5, 5.41) is 4.29. The Bertz CT molecular complexity index is 936. The van der Waals surface area contributed by atoms with Gasteiger partial charge in [0.05, 0.1) is 22.2 Å². The van der Waals surface area contributed by atoms with Crippen molar-refractivity contribution in [3.8, 4) is 0 Å². The van der Waals surface area contributed by atoms with Gasteiger partial charge in [0.1, 0.15) is 5.00 Å². The summed E-state index contributed by atoms with van der Waals surface area (Å²) in [4.78, 5) is 26.1. The van der Waals surface area contributed by atoms with Gasteiger partial charge in [-0.05, 0) is 61.4 Å². The lowest BCUT2D eigenvalue weighted by atomic mass is 9.88. The maximum Gasteiger partial charge on any atom is 0.341 e. The van der Waals surface area contributed by atoms with Crippen LogP contribution in [0.3, 0.4) is 0 Å². The molecule has 2 aromatic rings. The maximum atomic E-state index is 12.5. The van der Waals surface area contributed by atoms with E-state index in [0.29, 0.717) is 33.1 Å². The van der Waals surface area contributed by atoms with Crippen LogP contribution in [0.2, 0.25) is 10.0 Å². The fourth-order valence-corrected chi connectivity index (χ4v) is 4.91. The molecule has 0 fully saturated rings. The van der Waals surface area contributed by atoms with Gasteiger partial charge in [-0.2, -0.15) is 0 Å². The molecule has 0 spiro atoms. The normalized spacial score (nSPS) is 16.1. The highest BCUT2D eigenvalue weighted by atomic mass is 35.5. The second kappa shape index (κ2) is 9.12. The predicted molar refractivity (Wildman–Crippen MR) is 116 cm³/mol. The van der Waals surface area contributed by atoms with Gasteiger partial charge in [0.25, 0.3) is 0 Å². The molecule has 1 aliphatic rings. The molecule has 1 amide bonds. The molecule has 3 rings (SSSR count). The molecule has 7 heteroatoms. The molecule has 0 saturated carbocycles.